The highest BCUT2D eigenvalue weighted by Gasteiger charge is 2.32. The van der Waals surface area contributed by atoms with Crippen molar-refractivity contribution in [1.82, 2.24) is 9.88 Å². The van der Waals surface area contributed by atoms with E-state index in [2.05, 4.69) is 9.88 Å². The average Bonchev–Trinajstić information content (AvgIpc) is 2.50. The summed E-state index contributed by atoms with van der Waals surface area (Å²) in [5.74, 6) is -1.02. The Labute approximate surface area is 132 Å². The van der Waals surface area contributed by atoms with Gasteiger partial charge in [-0.3, -0.25) is 19.8 Å². The van der Waals surface area contributed by atoms with Gasteiger partial charge in [-0.2, -0.15) is 0 Å². The summed E-state index contributed by atoms with van der Waals surface area (Å²) in [6.07, 6.45) is 1.53. The fraction of sp³-hybridized carbons (Fsp3) is 0.250. The predicted molar refractivity (Wildman–Crippen MR) is 82.7 cm³/mol. The van der Waals surface area contributed by atoms with Gasteiger partial charge in [-0.1, -0.05) is 24.3 Å². The summed E-state index contributed by atoms with van der Waals surface area (Å²) in [6.45, 7) is 1.79. The van der Waals surface area contributed by atoms with Gasteiger partial charge in [-0.25, -0.2) is 4.98 Å². The maximum atomic E-state index is 11.1. The maximum absolute atomic E-state index is 11.1. The number of hydrogen-bond donors (Lipinski definition) is 1. The van der Waals surface area contributed by atoms with Crippen LogP contribution in [-0.4, -0.2) is 39.0 Å². The third-order valence-electron chi connectivity index (χ3n) is 3.92. The molecular formula is C16H15N3O4. The first-order valence-corrected chi connectivity index (χ1v) is 7.18. The second-order valence-corrected chi connectivity index (χ2v) is 5.55. The molecule has 0 spiro atoms. The van der Waals surface area contributed by atoms with Crippen molar-refractivity contribution in [2.45, 2.75) is 6.54 Å². The molecule has 118 valence electrons. The average molecular weight is 313 g/mol. The molecule has 0 saturated carbocycles. The highest BCUT2D eigenvalue weighted by molar-refractivity contribution is 5.71. The predicted octanol–water partition coefficient (Wildman–Crippen LogP) is 2.17. The third-order valence-corrected chi connectivity index (χ3v) is 3.92. The number of carboxylic acids is 1. The van der Waals surface area contributed by atoms with Crippen LogP contribution in [0.1, 0.15) is 5.56 Å². The first kappa shape index (κ1) is 15.1. The lowest BCUT2D eigenvalue weighted by Gasteiger charge is -2.36. The Bertz CT molecular complexity index is 739. The Morgan fingerprint density at radius 2 is 2.00 bits per heavy atom. The van der Waals surface area contributed by atoms with Crippen LogP contribution in [0.2, 0.25) is 0 Å². The second kappa shape index (κ2) is 6.13. The molecule has 0 atom stereocenters. The van der Waals surface area contributed by atoms with Gasteiger partial charge in [0.1, 0.15) is 5.69 Å². The van der Waals surface area contributed by atoms with Crippen LogP contribution >= 0.6 is 0 Å². The van der Waals surface area contributed by atoms with Gasteiger partial charge in [0, 0.05) is 37.5 Å². The van der Waals surface area contributed by atoms with E-state index in [0.29, 0.717) is 30.9 Å². The van der Waals surface area contributed by atoms with E-state index in [-0.39, 0.29) is 11.6 Å². The van der Waals surface area contributed by atoms with Crippen LogP contribution in [0.3, 0.4) is 0 Å². The Morgan fingerprint density at radius 3 is 2.61 bits per heavy atom. The summed E-state index contributed by atoms with van der Waals surface area (Å²) in [6, 6.07) is 10.4. The molecule has 7 heteroatoms. The lowest BCUT2D eigenvalue weighted by Crippen LogP contribution is -2.49. The number of likely N-dealkylation sites (tertiary alicyclic amines) is 1. The van der Waals surface area contributed by atoms with Crippen molar-refractivity contribution in [3.63, 3.8) is 0 Å². The van der Waals surface area contributed by atoms with E-state index in [1.807, 2.05) is 12.1 Å². The summed E-state index contributed by atoms with van der Waals surface area (Å²) in [5.41, 5.74) is 2.05. The van der Waals surface area contributed by atoms with Crippen LogP contribution in [0, 0.1) is 16.0 Å². The quantitative estimate of drug-likeness (QED) is 0.671. The highest BCUT2D eigenvalue weighted by Crippen LogP contribution is 2.27. The van der Waals surface area contributed by atoms with Gasteiger partial charge in [0.25, 0.3) is 5.69 Å². The molecule has 0 radical (unpaired) electrons. The van der Waals surface area contributed by atoms with Crippen LogP contribution in [-0.2, 0) is 11.3 Å². The van der Waals surface area contributed by atoms with Crippen LogP contribution in [0.25, 0.3) is 11.3 Å². The van der Waals surface area contributed by atoms with E-state index in [1.165, 1.54) is 12.3 Å². The highest BCUT2D eigenvalue weighted by atomic mass is 16.6. The Morgan fingerprint density at radius 1 is 1.30 bits per heavy atom. The van der Waals surface area contributed by atoms with Crippen LogP contribution in [0.5, 0.6) is 0 Å². The lowest BCUT2D eigenvalue weighted by molar-refractivity contribution is -0.384. The molecule has 1 aromatic carbocycles. The van der Waals surface area contributed by atoms with Crippen molar-refractivity contribution in [2.24, 2.45) is 5.92 Å². The summed E-state index contributed by atoms with van der Waals surface area (Å²) in [5, 5.41) is 19.9. The largest absolute Gasteiger partial charge is 0.481 e. The van der Waals surface area contributed by atoms with E-state index in [0.717, 1.165) is 5.56 Å². The minimum Gasteiger partial charge on any atom is -0.481 e. The molecule has 1 N–H and O–H groups in total. The molecule has 1 aliphatic rings. The van der Waals surface area contributed by atoms with Gasteiger partial charge in [0.15, 0.2) is 0 Å². The minimum atomic E-state index is -0.751. The zero-order chi connectivity index (χ0) is 16.4. The minimum absolute atomic E-state index is 0.0210. The molecule has 1 fully saturated rings. The number of benzene rings is 1. The van der Waals surface area contributed by atoms with Gasteiger partial charge >= 0.3 is 5.97 Å². The van der Waals surface area contributed by atoms with E-state index >= 15 is 0 Å². The van der Waals surface area contributed by atoms with Gasteiger partial charge in [-0.05, 0) is 11.6 Å². The first-order chi connectivity index (χ1) is 11.0. The maximum Gasteiger partial charge on any atom is 0.309 e. The molecule has 1 aliphatic heterocycles. The number of aliphatic carboxylic acids is 1. The summed E-state index contributed by atoms with van der Waals surface area (Å²) in [7, 11) is 0. The van der Waals surface area contributed by atoms with Crippen molar-refractivity contribution in [2.75, 3.05) is 13.1 Å². The number of carbonyl (C=O) groups is 1. The molecule has 7 nitrogen and oxygen atoms in total. The lowest BCUT2D eigenvalue weighted by atomic mass is 9.99. The topological polar surface area (TPSA) is 96.6 Å². The van der Waals surface area contributed by atoms with E-state index in [1.54, 1.807) is 18.2 Å². The SMILES string of the molecule is O=C(O)C1CN(Cc2ccc(-c3ncccc3[N+](=O)[O-])cc2)C1. The van der Waals surface area contributed by atoms with Gasteiger partial charge in [0.05, 0.1) is 10.8 Å². The van der Waals surface area contributed by atoms with Crippen LogP contribution in [0.15, 0.2) is 42.6 Å². The summed E-state index contributed by atoms with van der Waals surface area (Å²) < 4.78 is 0. The Kier molecular flexibility index (Phi) is 4.03. The molecule has 0 aliphatic carbocycles. The van der Waals surface area contributed by atoms with Crippen molar-refractivity contribution in [3.8, 4) is 11.3 Å². The van der Waals surface area contributed by atoms with Crippen LogP contribution in [0.4, 0.5) is 5.69 Å². The first-order valence-electron chi connectivity index (χ1n) is 7.18. The molecule has 23 heavy (non-hydrogen) atoms. The summed E-state index contributed by atoms with van der Waals surface area (Å²) in [4.78, 5) is 27.5. The molecular weight excluding hydrogens is 298 g/mol. The molecule has 1 aromatic heterocycles. The standard InChI is InChI=1S/C16H15N3O4/c20-16(21)13-9-18(10-13)8-11-3-5-12(6-4-11)15-14(19(22)23)2-1-7-17-15/h1-7,13H,8-10H2,(H,20,21). The third kappa shape index (κ3) is 3.19. The second-order valence-electron chi connectivity index (χ2n) is 5.55. The zero-order valence-corrected chi connectivity index (χ0v) is 12.3. The van der Waals surface area contributed by atoms with E-state index in [4.69, 9.17) is 5.11 Å². The molecule has 2 heterocycles. The van der Waals surface area contributed by atoms with Crippen molar-refractivity contribution >= 4 is 11.7 Å². The number of hydrogen-bond acceptors (Lipinski definition) is 5. The summed E-state index contributed by atoms with van der Waals surface area (Å²) >= 11 is 0. The molecule has 3 rings (SSSR count). The van der Waals surface area contributed by atoms with Crippen molar-refractivity contribution in [1.29, 1.82) is 0 Å². The fourth-order valence-corrected chi connectivity index (χ4v) is 2.65. The Hall–Kier alpha value is -2.80. The number of pyridine rings is 1. The number of nitrogens with zero attached hydrogens (tertiary/aromatic N) is 3. The van der Waals surface area contributed by atoms with Gasteiger partial charge in [-0.15, -0.1) is 0 Å². The van der Waals surface area contributed by atoms with Crippen molar-refractivity contribution in [3.05, 3.63) is 58.3 Å². The molecule has 2 aromatic rings. The zero-order valence-electron chi connectivity index (χ0n) is 12.3. The van der Waals surface area contributed by atoms with Gasteiger partial charge in [0.2, 0.25) is 0 Å². The van der Waals surface area contributed by atoms with Crippen LogP contribution < -0.4 is 0 Å². The van der Waals surface area contributed by atoms with E-state index < -0.39 is 10.9 Å². The molecule has 0 amide bonds. The Balaban J connectivity index is 1.71. The molecule has 1 saturated heterocycles. The fourth-order valence-electron chi connectivity index (χ4n) is 2.65. The molecule has 0 bridgehead atoms. The monoisotopic (exact) mass is 313 g/mol. The van der Waals surface area contributed by atoms with E-state index in [9.17, 15) is 14.9 Å². The number of rotatable bonds is 5. The number of aromatic nitrogens is 1. The number of carboxylic acid groups (broad SMARTS) is 1. The van der Waals surface area contributed by atoms with Gasteiger partial charge < -0.3 is 5.11 Å². The smallest absolute Gasteiger partial charge is 0.309 e. The number of nitro groups is 1. The van der Waals surface area contributed by atoms with Crippen molar-refractivity contribution < 1.29 is 14.8 Å². The molecule has 0 unspecified atom stereocenters. The normalized spacial score (nSPS) is 15.1.